The van der Waals surface area contributed by atoms with Crippen LogP contribution in [-0.4, -0.2) is 35.4 Å². The Morgan fingerprint density at radius 1 is 1.04 bits per heavy atom. The number of benzene rings is 2. The third kappa shape index (κ3) is 3.05. The van der Waals surface area contributed by atoms with Crippen molar-refractivity contribution in [3.8, 4) is 6.07 Å². The van der Waals surface area contributed by atoms with Gasteiger partial charge in [-0.15, -0.1) is 0 Å². The second-order valence-corrected chi connectivity index (χ2v) is 8.53. The molecule has 0 unspecified atom stereocenters. The number of imidazole rings is 1. The largest absolute Gasteiger partial charge is 0.326 e. The van der Waals surface area contributed by atoms with Crippen molar-refractivity contribution in [2.24, 2.45) is 0 Å². The van der Waals surface area contributed by atoms with Crippen LogP contribution in [0.2, 0.25) is 0 Å². The fourth-order valence-electron chi connectivity index (χ4n) is 3.63. The SMILES string of the molecule is N#Cc1ccc(S(=O)(=O)N2CCC(n3c(=O)[nH]c4ccccc43)CC2)cc1. The Labute approximate surface area is 156 Å². The Balaban J connectivity index is 1.55. The maximum absolute atomic E-state index is 12.8. The van der Waals surface area contributed by atoms with Crippen molar-refractivity contribution in [2.75, 3.05) is 13.1 Å². The number of nitrogens with one attached hydrogen (secondary N) is 1. The zero-order chi connectivity index (χ0) is 19.0. The molecule has 1 aliphatic rings. The van der Waals surface area contributed by atoms with Gasteiger partial charge in [0.25, 0.3) is 0 Å². The lowest BCUT2D eigenvalue weighted by Gasteiger charge is -2.31. The van der Waals surface area contributed by atoms with E-state index < -0.39 is 10.0 Å². The van der Waals surface area contributed by atoms with E-state index in [4.69, 9.17) is 5.26 Å². The number of aromatic nitrogens is 2. The lowest BCUT2D eigenvalue weighted by Crippen LogP contribution is -2.40. The summed E-state index contributed by atoms with van der Waals surface area (Å²) in [6.45, 7) is 0.692. The number of nitriles is 1. The Morgan fingerprint density at radius 3 is 2.37 bits per heavy atom. The average molecular weight is 382 g/mol. The van der Waals surface area contributed by atoms with Gasteiger partial charge >= 0.3 is 5.69 Å². The molecule has 1 fully saturated rings. The van der Waals surface area contributed by atoms with Crippen LogP contribution in [0.25, 0.3) is 11.0 Å². The lowest BCUT2D eigenvalue weighted by molar-refractivity contribution is 0.274. The normalized spacial score (nSPS) is 16.4. The van der Waals surface area contributed by atoms with E-state index in [1.54, 1.807) is 4.57 Å². The maximum Gasteiger partial charge on any atom is 0.326 e. The minimum atomic E-state index is -3.60. The van der Waals surface area contributed by atoms with Gasteiger partial charge in [-0.05, 0) is 49.2 Å². The number of nitrogens with zero attached hydrogens (tertiary/aromatic N) is 3. The van der Waals surface area contributed by atoms with Crippen LogP contribution >= 0.6 is 0 Å². The maximum atomic E-state index is 12.8. The number of aromatic amines is 1. The Kier molecular flexibility index (Phi) is 4.34. The van der Waals surface area contributed by atoms with Crippen LogP contribution in [0.5, 0.6) is 0 Å². The summed E-state index contributed by atoms with van der Waals surface area (Å²) in [6.07, 6.45) is 1.13. The van der Waals surface area contributed by atoms with E-state index in [0.29, 0.717) is 31.5 Å². The van der Waals surface area contributed by atoms with Gasteiger partial charge in [0.1, 0.15) is 0 Å². The Hall–Kier alpha value is -2.89. The molecule has 0 amide bonds. The van der Waals surface area contributed by atoms with E-state index >= 15 is 0 Å². The summed E-state index contributed by atoms with van der Waals surface area (Å²) in [4.78, 5) is 15.4. The highest BCUT2D eigenvalue weighted by Crippen LogP contribution is 2.28. The first-order chi connectivity index (χ1) is 13.0. The van der Waals surface area contributed by atoms with Gasteiger partial charge in [-0.25, -0.2) is 13.2 Å². The molecule has 0 atom stereocenters. The molecule has 3 aromatic rings. The first-order valence-corrected chi connectivity index (χ1v) is 10.1. The monoisotopic (exact) mass is 382 g/mol. The molecule has 4 rings (SSSR count). The summed E-state index contributed by atoms with van der Waals surface area (Å²) in [7, 11) is -3.60. The van der Waals surface area contributed by atoms with E-state index in [2.05, 4.69) is 4.98 Å². The van der Waals surface area contributed by atoms with Crippen LogP contribution in [0, 0.1) is 11.3 Å². The van der Waals surface area contributed by atoms with E-state index in [1.807, 2.05) is 30.3 Å². The van der Waals surface area contributed by atoms with Gasteiger partial charge < -0.3 is 4.98 Å². The van der Waals surface area contributed by atoms with E-state index in [1.165, 1.54) is 28.6 Å². The second kappa shape index (κ2) is 6.68. The Bertz CT molecular complexity index is 1180. The number of fused-ring (bicyclic) bond motifs is 1. The molecule has 0 radical (unpaired) electrons. The first kappa shape index (κ1) is 17.5. The molecule has 1 aliphatic heterocycles. The van der Waals surface area contributed by atoms with Crippen LogP contribution in [0.15, 0.2) is 58.2 Å². The molecular weight excluding hydrogens is 364 g/mol. The number of rotatable bonds is 3. The molecule has 1 N–H and O–H groups in total. The van der Waals surface area contributed by atoms with Crippen LogP contribution in [0.4, 0.5) is 0 Å². The highest BCUT2D eigenvalue weighted by molar-refractivity contribution is 7.89. The minimum absolute atomic E-state index is 0.0407. The summed E-state index contributed by atoms with van der Waals surface area (Å²) in [5.74, 6) is 0. The molecule has 0 aliphatic carbocycles. The van der Waals surface area contributed by atoms with E-state index in [0.717, 1.165) is 11.0 Å². The molecule has 0 spiro atoms. The third-order valence-electron chi connectivity index (χ3n) is 5.03. The molecular formula is C19H18N4O3S. The molecule has 2 heterocycles. The number of sulfonamides is 1. The van der Waals surface area contributed by atoms with Gasteiger partial charge in [-0.1, -0.05) is 12.1 Å². The molecule has 1 saturated heterocycles. The van der Waals surface area contributed by atoms with Crippen molar-refractivity contribution in [1.82, 2.24) is 13.9 Å². The highest BCUT2D eigenvalue weighted by atomic mass is 32.2. The summed E-state index contributed by atoms with van der Waals surface area (Å²) in [5, 5.41) is 8.86. The van der Waals surface area contributed by atoms with Gasteiger partial charge in [0.05, 0.1) is 27.6 Å². The minimum Gasteiger partial charge on any atom is -0.306 e. The second-order valence-electron chi connectivity index (χ2n) is 6.59. The van der Waals surface area contributed by atoms with Crippen molar-refractivity contribution in [1.29, 1.82) is 5.26 Å². The summed E-state index contributed by atoms with van der Waals surface area (Å²) < 4.78 is 28.8. The summed E-state index contributed by atoms with van der Waals surface area (Å²) >= 11 is 0. The van der Waals surface area contributed by atoms with Crippen LogP contribution in [0.1, 0.15) is 24.4 Å². The van der Waals surface area contributed by atoms with Gasteiger partial charge in [-0.2, -0.15) is 9.57 Å². The fraction of sp³-hybridized carbons (Fsp3) is 0.263. The van der Waals surface area contributed by atoms with Crippen LogP contribution in [0.3, 0.4) is 0 Å². The predicted octanol–water partition coefficient (Wildman–Crippen LogP) is 2.23. The summed E-state index contributed by atoms with van der Waals surface area (Å²) in [6, 6.07) is 15.4. The molecule has 27 heavy (non-hydrogen) atoms. The van der Waals surface area contributed by atoms with E-state index in [-0.39, 0.29) is 16.6 Å². The molecule has 7 nitrogen and oxygen atoms in total. The molecule has 1 aromatic heterocycles. The topological polar surface area (TPSA) is 99.0 Å². The smallest absolute Gasteiger partial charge is 0.306 e. The average Bonchev–Trinajstić information content (AvgIpc) is 3.04. The molecule has 138 valence electrons. The zero-order valence-corrected chi connectivity index (χ0v) is 15.3. The van der Waals surface area contributed by atoms with Crippen molar-refractivity contribution < 1.29 is 8.42 Å². The van der Waals surface area contributed by atoms with Gasteiger partial charge in [0.15, 0.2) is 0 Å². The predicted molar refractivity (Wildman–Crippen MR) is 101 cm³/mol. The molecule has 2 aromatic carbocycles. The highest BCUT2D eigenvalue weighted by Gasteiger charge is 2.31. The van der Waals surface area contributed by atoms with Crippen LogP contribution in [-0.2, 0) is 10.0 Å². The molecule has 0 bridgehead atoms. The molecule has 0 saturated carbocycles. The zero-order valence-electron chi connectivity index (χ0n) is 14.5. The summed E-state index contributed by atoms with van der Waals surface area (Å²) in [5.41, 5.74) is 1.89. The van der Waals surface area contributed by atoms with Crippen molar-refractivity contribution >= 4 is 21.1 Å². The van der Waals surface area contributed by atoms with E-state index in [9.17, 15) is 13.2 Å². The number of H-pyrrole nitrogens is 1. The Morgan fingerprint density at radius 2 is 1.70 bits per heavy atom. The third-order valence-corrected chi connectivity index (χ3v) is 6.95. The number of para-hydroxylation sites is 2. The van der Waals surface area contributed by atoms with Gasteiger partial charge in [-0.3, -0.25) is 4.57 Å². The van der Waals surface area contributed by atoms with Gasteiger partial charge in [0, 0.05) is 19.1 Å². The van der Waals surface area contributed by atoms with Crippen molar-refractivity contribution in [2.45, 2.75) is 23.8 Å². The first-order valence-electron chi connectivity index (χ1n) is 8.70. The standard InChI is InChI=1S/C19H18N4O3S/c20-13-14-5-7-16(8-6-14)27(25,26)22-11-9-15(10-12-22)23-18-4-2-1-3-17(18)21-19(23)24/h1-8,15H,9-12H2,(H,21,24). The number of piperidine rings is 1. The number of hydrogen-bond acceptors (Lipinski definition) is 4. The lowest BCUT2D eigenvalue weighted by atomic mass is 10.1. The molecule has 8 heteroatoms. The van der Waals surface area contributed by atoms with Gasteiger partial charge in [0.2, 0.25) is 10.0 Å². The number of hydrogen-bond donors (Lipinski definition) is 1. The quantitative estimate of drug-likeness (QED) is 0.751. The fourth-order valence-corrected chi connectivity index (χ4v) is 5.10. The van der Waals surface area contributed by atoms with Crippen molar-refractivity contribution in [3.05, 3.63) is 64.6 Å². The van der Waals surface area contributed by atoms with Crippen molar-refractivity contribution in [3.63, 3.8) is 0 Å². The van der Waals surface area contributed by atoms with Crippen LogP contribution < -0.4 is 5.69 Å².